The molecule has 0 nitrogen and oxygen atoms in total. The van der Waals surface area contributed by atoms with Gasteiger partial charge in [0.15, 0.2) is 0 Å². The van der Waals surface area contributed by atoms with Crippen LogP contribution in [-0.4, -0.2) is 5.25 Å². The zero-order valence-corrected chi connectivity index (χ0v) is 11.0. The van der Waals surface area contributed by atoms with E-state index in [1.165, 1.54) is 64.2 Å². The molecule has 0 saturated carbocycles. The molecule has 1 heteroatoms. The van der Waals surface area contributed by atoms with Crippen LogP contribution in [0.15, 0.2) is 0 Å². The van der Waals surface area contributed by atoms with Crippen molar-refractivity contribution >= 4 is 12.6 Å². The Balaban J connectivity index is 2.85. The van der Waals surface area contributed by atoms with E-state index in [2.05, 4.69) is 26.5 Å². The van der Waals surface area contributed by atoms with Gasteiger partial charge in [-0.25, -0.2) is 0 Å². The molecule has 0 amide bonds. The maximum absolute atomic E-state index is 4.38. The minimum atomic E-state index is 0.597. The summed E-state index contributed by atoms with van der Waals surface area (Å²) in [6.45, 7) is 4.46. The average Bonchev–Trinajstić information content (AvgIpc) is 2.15. The molecule has 0 saturated heterocycles. The van der Waals surface area contributed by atoms with Gasteiger partial charge in [0.2, 0.25) is 0 Å². The van der Waals surface area contributed by atoms with Gasteiger partial charge in [-0.15, -0.1) is 0 Å². The highest BCUT2D eigenvalue weighted by Gasteiger charge is 1.95. The van der Waals surface area contributed by atoms with E-state index in [9.17, 15) is 0 Å². The van der Waals surface area contributed by atoms with Gasteiger partial charge in [-0.1, -0.05) is 71.6 Å². The summed E-state index contributed by atoms with van der Waals surface area (Å²) in [6, 6.07) is 0. The molecule has 0 aliphatic heterocycles. The molecule has 0 aromatic heterocycles. The van der Waals surface area contributed by atoms with E-state index in [1.54, 1.807) is 0 Å². The third kappa shape index (κ3) is 12.3. The van der Waals surface area contributed by atoms with Crippen molar-refractivity contribution in [3.05, 3.63) is 0 Å². The highest BCUT2D eigenvalue weighted by atomic mass is 32.1. The van der Waals surface area contributed by atoms with Crippen LogP contribution in [0.5, 0.6) is 0 Å². The van der Waals surface area contributed by atoms with E-state index in [0.717, 1.165) is 0 Å². The summed E-state index contributed by atoms with van der Waals surface area (Å²) in [5.41, 5.74) is 0. The molecule has 0 fully saturated rings. The lowest BCUT2D eigenvalue weighted by Crippen LogP contribution is -1.90. The van der Waals surface area contributed by atoms with Crippen LogP contribution in [-0.2, 0) is 0 Å². The molecule has 0 bridgehead atoms. The van der Waals surface area contributed by atoms with Gasteiger partial charge in [0.1, 0.15) is 0 Å². The second-order valence-electron chi connectivity index (χ2n) is 4.47. The van der Waals surface area contributed by atoms with Crippen molar-refractivity contribution < 1.29 is 0 Å². The zero-order valence-electron chi connectivity index (χ0n) is 10.1. The second-order valence-corrected chi connectivity index (χ2v) is 5.35. The van der Waals surface area contributed by atoms with Crippen molar-refractivity contribution in [1.29, 1.82) is 0 Å². The first-order chi connectivity index (χ1) is 6.77. The highest BCUT2D eigenvalue weighted by Crippen LogP contribution is 2.12. The van der Waals surface area contributed by atoms with Crippen LogP contribution in [0.25, 0.3) is 0 Å². The summed E-state index contributed by atoms with van der Waals surface area (Å²) in [4.78, 5) is 0. The molecular weight excluding hydrogens is 188 g/mol. The van der Waals surface area contributed by atoms with Gasteiger partial charge in [0.05, 0.1) is 0 Å². The van der Waals surface area contributed by atoms with Gasteiger partial charge in [0, 0.05) is 0 Å². The fraction of sp³-hybridized carbons (Fsp3) is 1.00. The molecule has 0 aromatic rings. The first-order valence-corrected chi connectivity index (χ1v) is 6.97. The topological polar surface area (TPSA) is 0 Å². The fourth-order valence-corrected chi connectivity index (χ4v) is 1.93. The quantitative estimate of drug-likeness (QED) is 0.375. The zero-order chi connectivity index (χ0) is 10.6. The SMILES string of the molecule is CCCCCCCCCCCC(C)S. The van der Waals surface area contributed by atoms with Gasteiger partial charge in [-0.3, -0.25) is 0 Å². The van der Waals surface area contributed by atoms with Gasteiger partial charge >= 0.3 is 0 Å². The van der Waals surface area contributed by atoms with E-state index in [4.69, 9.17) is 0 Å². The van der Waals surface area contributed by atoms with Crippen LogP contribution in [0.2, 0.25) is 0 Å². The molecule has 0 aliphatic rings. The third-order valence-corrected chi connectivity index (χ3v) is 2.98. The average molecular weight is 216 g/mol. The van der Waals surface area contributed by atoms with Crippen molar-refractivity contribution in [2.75, 3.05) is 0 Å². The summed E-state index contributed by atoms with van der Waals surface area (Å²) in [7, 11) is 0. The molecule has 1 unspecified atom stereocenters. The van der Waals surface area contributed by atoms with Gasteiger partial charge < -0.3 is 0 Å². The molecule has 0 spiro atoms. The molecule has 0 aromatic carbocycles. The van der Waals surface area contributed by atoms with Gasteiger partial charge in [0.25, 0.3) is 0 Å². The lowest BCUT2D eigenvalue weighted by atomic mass is 10.1. The summed E-state index contributed by atoms with van der Waals surface area (Å²) in [5, 5.41) is 0.597. The first-order valence-electron chi connectivity index (χ1n) is 6.45. The van der Waals surface area contributed by atoms with Crippen LogP contribution < -0.4 is 0 Å². The van der Waals surface area contributed by atoms with Gasteiger partial charge in [-0.2, -0.15) is 12.6 Å². The molecule has 0 heterocycles. The Kier molecular flexibility index (Phi) is 11.7. The van der Waals surface area contributed by atoms with Crippen LogP contribution in [0, 0.1) is 0 Å². The van der Waals surface area contributed by atoms with Crippen molar-refractivity contribution in [1.82, 2.24) is 0 Å². The number of unbranched alkanes of at least 4 members (excludes halogenated alkanes) is 8. The Morgan fingerprint density at radius 1 is 0.786 bits per heavy atom. The Morgan fingerprint density at radius 3 is 1.64 bits per heavy atom. The van der Waals surface area contributed by atoms with Crippen LogP contribution in [0.3, 0.4) is 0 Å². The predicted octanol–water partition coefficient (Wildman–Crippen LogP) is 5.23. The monoisotopic (exact) mass is 216 g/mol. The summed E-state index contributed by atoms with van der Waals surface area (Å²) in [6.07, 6.45) is 14.1. The number of rotatable bonds is 10. The molecule has 0 rings (SSSR count). The van der Waals surface area contributed by atoms with E-state index < -0.39 is 0 Å². The minimum absolute atomic E-state index is 0.597. The smallest absolute Gasteiger partial charge is 0.00116 e. The lowest BCUT2D eigenvalue weighted by Gasteiger charge is -2.03. The number of thiol groups is 1. The van der Waals surface area contributed by atoms with E-state index >= 15 is 0 Å². The van der Waals surface area contributed by atoms with E-state index in [1.807, 2.05) is 0 Å². The Hall–Kier alpha value is 0.350. The van der Waals surface area contributed by atoms with Crippen molar-refractivity contribution in [2.45, 2.75) is 83.3 Å². The predicted molar refractivity (Wildman–Crippen MR) is 70.3 cm³/mol. The van der Waals surface area contributed by atoms with Crippen LogP contribution >= 0.6 is 12.6 Å². The highest BCUT2D eigenvalue weighted by molar-refractivity contribution is 7.80. The molecular formula is C13H28S. The summed E-state index contributed by atoms with van der Waals surface area (Å²) in [5.74, 6) is 0. The Bertz CT molecular complexity index is 99.4. The van der Waals surface area contributed by atoms with E-state index in [0.29, 0.717) is 5.25 Å². The van der Waals surface area contributed by atoms with Crippen LogP contribution in [0.1, 0.15) is 78.1 Å². The Labute approximate surface area is 96.3 Å². The number of hydrogen-bond acceptors (Lipinski definition) is 1. The third-order valence-electron chi connectivity index (χ3n) is 2.73. The van der Waals surface area contributed by atoms with Crippen molar-refractivity contribution in [3.63, 3.8) is 0 Å². The summed E-state index contributed by atoms with van der Waals surface area (Å²) >= 11 is 4.38. The maximum atomic E-state index is 4.38. The molecule has 14 heavy (non-hydrogen) atoms. The van der Waals surface area contributed by atoms with Crippen molar-refractivity contribution in [3.8, 4) is 0 Å². The maximum Gasteiger partial charge on any atom is -0.00116 e. The minimum Gasteiger partial charge on any atom is -0.176 e. The van der Waals surface area contributed by atoms with Gasteiger partial charge in [-0.05, 0) is 11.7 Å². The second kappa shape index (κ2) is 11.4. The van der Waals surface area contributed by atoms with Crippen molar-refractivity contribution in [2.24, 2.45) is 0 Å². The largest absolute Gasteiger partial charge is 0.176 e. The van der Waals surface area contributed by atoms with Crippen LogP contribution in [0.4, 0.5) is 0 Å². The molecule has 1 atom stereocenters. The normalized spacial score (nSPS) is 13.1. The molecule has 86 valence electrons. The standard InChI is InChI=1S/C13H28S/c1-3-4-5-6-7-8-9-10-11-12-13(2)14/h13-14H,3-12H2,1-2H3. The van der Waals surface area contributed by atoms with E-state index in [-0.39, 0.29) is 0 Å². The first kappa shape index (κ1) is 14.3. The molecule has 0 radical (unpaired) electrons. The molecule has 0 aliphatic carbocycles. The molecule has 0 N–H and O–H groups in total. The Morgan fingerprint density at radius 2 is 1.21 bits per heavy atom. The number of hydrogen-bond donors (Lipinski definition) is 1. The summed E-state index contributed by atoms with van der Waals surface area (Å²) < 4.78 is 0. The lowest BCUT2D eigenvalue weighted by molar-refractivity contribution is 0.556. The fourth-order valence-electron chi connectivity index (χ4n) is 1.75.